The van der Waals surface area contributed by atoms with Gasteiger partial charge in [0.05, 0.1) is 11.4 Å². The van der Waals surface area contributed by atoms with E-state index in [1.807, 2.05) is 59.5 Å². The molecule has 59 heavy (non-hydrogen) atoms. The van der Waals surface area contributed by atoms with Crippen molar-refractivity contribution in [1.82, 2.24) is 29.6 Å². The van der Waals surface area contributed by atoms with Gasteiger partial charge in [-0.2, -0.15) is 0 Å². The van der Waals surface area contributed by atoms with Gasteiger partial charge in [0.15, 0.2) is 6.61 Å². The molecule has 2 saturated heterocycles. The molecule has 11 heteroatoms. The van der Waals surface area contributed by atoms with Crippen molar-refractivity contribution in [3.05, 3.63) is 126 Å². The largest absolute Gasteiger partial charge is 0.484 e. The Morgan fingerprint density at radius 1 is 0.559 bits per heavy atom. The monoisotopic (exact) mass is 794 g/mol. The van der Waals surface area contributed by atoms with E-state index in [0.29, 0.717) is 23.5 Å². The van der Waals surface area contributed by atoms with E-state index in [1.54, 1.807) is 12.1 Å². The van der Waals surface area contributed by atoms with Crippen LogP contribution in [-0.2, 0) is 22.4 Å². The maximum Gasteiger partial charge on any atom is 0.260 e. The quantitative estimate of drug-likeness (QED) is 0.149. The van der Waals surface area contributed by atoms with E-state index in [2.05, 4.69) is 73.2 Å². The van der Waals surface area contributed by atoms with Crippen LogP contribution in [0.2, 0.25) is 0 Å². The molecule has 4 heterocycles. The lowest BCUT2D eigenvalue weighted by Gasteiger charge is -2.36. The first-order valence-electron chi connectivity index (χ1n) is 21.2. The van der Waals surface area contributed by atoms with Crippen LogP contribution in [0.3, 0.4) is 0 Å². The van der Waals surface area contributed by atoms with Gasteiger partial charge in [0, 0.05) is 82.5 Å². The summed E-state index contributed by atoms with van der Waals surface area (Å²) in [6, 6.07) is 38.0. The van der Waals surface area contributed by atoms with Crippen molar-refractivity contribution in [1.29, 1.82) is 0 Å². The highest BCUT2D eigenvalue weighted by atomic mass is 16.5. The molecular formula is C48H58N8O3. The zero-order valence-corrected chi connectivity index (χ0v) is 34.1. The van der Waals surface area contributed by atoms with Crippen LogP contribution < -0.4 is 16.2 Å². The fraction of sp³-hybridized carbons (Fsp3) is 0.375. The van der Waals surface area contributed by atoms with E-state index in [4.69, 9.17) is 16.2 Å². The Morgan fingerprint density at radius 3 is 1.51 bits per heavy atom. The number of para-hydroxylation sites is 1. The summed E-state index contributed by atoms with van der Waals surface area (Å²) in [7, 11) is 0. The first kappa shape index (κ1) is 41.4. The van der Waals surface area contributed by atoms with Crippen LogP contribution in [0.25, 0.3) is 22.5 Å². The van der Waals surface area contributed by atoms with Gasteiger partial charge >= 0.3 is 0 Å². The molecule has 3 aliphatic rings. The topological polar surface area (TPSA) is 134 Å². The maximum atomic E-state index is 12.6. The number of anilines is 2. The summed E-state index contributed by atoms with van der Waals surface area (Å²) < 4.78 is 5.59. The molecule has 1 aliphatic carbocycles. The average Bonchev–Trinajstić information content (AvgIpc) is 3.84. The minimum absolute atomic E-state index is 0.0502. The molecule has 2 amide bonds. The van der Waals surface area contributed by atoms with Crippen LogP contribution in [-0.4, -0.2) is 113 Å². The summed E-state index contributed by atoms with van der Waals surface area (Å²) >= 11 is 0. The molecule has 0 atom stereocenters. The average molecular weight is 795 g/mol. The van der Waals surface area contributed by atoms with Gasteiger partial charge in [0.2, 0.25) is 5.91 Å². The predicted molar refractivity (Wildman–Crippen MR) is 236 cm³/mol. The molecule has 0 spiro atoms. The smallest absolute Gasteiger partial charge is 0.260 e. The summed E-state index contributed by atoms with van der Waals surface area (Å²) in [6.07, 6.45) is 6.66. The molecule has 0 radical (unpaired) electrons. The zero-order valence-electron chi connectivity index (χ0n) is 34.1. The van der Waals surface area contributed by atoms with Crippen LogP contribution in [0.1, 0.15) is 36.8 Å². The number of rotatable bonds is 12. The minimum Gasteiger partial charge on any atom is -0.484 e. The number of hydrogen-bond donors (Lipinski definition) is 2. The molecule has 3 aromatic carbocycles. The number of ether oxygens (including phenoxy) is 1. The molecule has 1 saturated carbocycles. The Labute approximate surface area is 349 Å². The molecule has 2 aromatic heterocycles. The molecule has 3 fully saturated rings. The number of nitrogens with zero attached hydrogens (tertiary/aromatic N) is 6. The third kappa shape index (κ3) is 12.1. The highest BCUT2D eigenvalue weighted by Gasteiger charge is 2.29. The van der Waals surface area contributed by atoms with E-state index < -0.39 is 0 Å². The Morgan fingerprint density at radius 2 is 1.03 bits per heavy atom. The lowest BCUT2D eigenvalue weighted by molar-refractivity contribution is -0.137. The van der Waals surface area contributed by atoms with Gasteiger partial charge in [0.1, 0.15) is 17.4 Å². The maximum absolute atomic E-state index is 12.6. The number of piperazine rings is 2. The van der Waals surface area contributed by atoms with E-state index in [0.717, 1.165) is 119 Å². The SMILES string of the molecule is Nc1cccc(-c2ccc(CCN3CCN(C(=O)C4CCCC4)CC3)cc2)n1.Nc1cccc(-c2ccc(CCN3CCN(C(=O)COc4ccccc4)CC3)cc2)n1. The molecular weight excluding hydrogens is 737 g/mol. The van der Waals surface area contributed by atoms with Crippen molar-refractivity contribution in [2.24, 2.45) is 5.92 Å². The van der Waals surface area contributed by atoms with E-state index in [1.165, 1.54) is 24.0 Å². The first-order valence-corrected chi connectivity index (χ1v) is 21.2. The van der Waals surface area contributed by atoms with Gasteiger partial charge in [-0.3, -0.25) is 19.4 Å². The molecule has 0 bridgehead atoms. The number of carbonyl (C=O) groups excluding carboxylic acids is 2. The number of carbonyl (C=O) groups is 2. The van der Waals surface area contributed by atoms with Gasteiger partial charge in [-0.25, -0.2) is 9.97 Å². The van der Waals surface area contributed by atoms with Crippen LogP contribution >= 0.6 is 0 Å². The van der Waals surface area contributed by atoms with Gasteiger partial charge in [-0.1, -0.05) is 91.7 Å². The van der Waals surface area contributed by atoms with Gasteiger partial charge in [-0.05, 0) is 73.2 Å². The molecule has 8 rings (SSSR count). The van der Waals surface area contributed by atoms with Crippen molar-refractivity contribution in [2.75, 3.05) is 83.5 Å². The molecule has 11 nitrogen and oxygen atoms in total. The van der Waals surface area contributed by atoms with Crippen LogP contribution in [0.4, 0.5) is 11.6 Å². The fourth-order valence-corrected chi connectivity index (χ4v) is 8.08. The molecule has 4 N–H and O–H groups in total. The minimum atomic E-state index is 0.0502. The van der Waals surface area contributed by atoms with Crippen LogP contribution in [0.5, 0.6) is 5.75 Å². The molecule has 308 valence electrons. The van der Waals surface area contributed by atoms with Crippen molar-refractivity contribution < 1.29 is 14.3 Å². The standard InChI is InChI=1S/C25H28N4O2.C23H30N4O/c26-24-8-4-7-23(27-24)21-11-9-20(10-12-21)13-14-28-15-17-29(18-16-28)25(30)19-31-22-5-2-1-3-6-22;24-22-7-3-6-21(25-22)19-10-8-18(9-11-19)12-13-26-14-16-27(17-15-26)23(28)20-4-1-2-5-20/h1-12H,13-19H2,(H2,26,27);3,6-11,20H,1-2,4-5,12-17H2,(H2,24,25). The Kier molecular flexibility index (Phi) is 14.6. The predicted octanol–water partition coefficient (Wildman–Crippen LogP) is 6.30. The number of nitrogen functional groups attached to an aromatic ring is 2. The number of amides is 2. The van der Waals surface area contributed by atoms with Crippen molar-refractivity contribution in [3.8, 4) is 28.3 Å². The fourth-order valence-electron chi connectivity index (χ4n) is 8.08. The number of pyridine rings is 2. The summed E-state index contributed by atoms with van der Waals surface area (Å²) in [6.45, 7) is 9.15. The molecule has 2 aliphatic heterocycles. The summed E-state index contributed by atoms with van der Waals surface area (Å²) in [5, 5.41) is 0. The van der Waals surface area contributed by atoms with E-state index in [-0.39, 0.29) is 12.5 Å². The highest BCUT2D eigenvalue weighted by Crippen LogP contribution is 2.27. The van der Waals surface area contributed by atoms with E-state index in [9.17, 15) is 9.59 Å². The Balaban J connectivity index is 0.000000180. The van der Waals surface area contributed by atoms with E-state index >= 15 is 0 Å². The lowest BCUT2D eigenvalue weighted by Crippen LogP contribution is -2.50. The second-order valence-corrected chi connectivity index (χ2v) is 15.8. The Hall–Kier alpha value is -5.78. The first-order chi connectivity index (χ1) is 28.9. The van der Waals surface area contributed by atoms with Gasteiger partial charge in [-0.15, -0.1) is 0 Å². The van der Waals surface area contributed by atoms with Crippen LogP contribution in [0.15, 0.2) is 115 Å². The number of aromatic nitrogens is 2. The lowest BCUT2D eigenvalue weighted by atomic mass is 10.1. The number of nitrogens with two attached hydrogens (primary N) is 2. The van der Waals surface area contributed by atoms with Crippen molar-refractivity contribution in [3.63, 3.8) is 0 Å². The summed E-state index contributed by atoms with van der Waals surface area (Å²) in [5.41, 5.74) is 18.2. The third-order valence-corrected chi connectivity index (χ3v) is 11.7. The van der Waals surface area contributed by atoms with Gasteiger partial charge < -0.3 is 26.0 Å². The summed E-state index contributed by atoms with van der Waals surface area (Å²) in [5.74, 6) is 2.57. The molecule has 0 unspecified atom stereocenters. The van der Waals surface area contributed by atoms with Crippen molar-refractivity contribution >= 4 is 23.5 Å². The molecule has 5 aromatic rings. The second-order valence-electron chi connectivity index (χ2n) is 15.8. The number of hydrogen-bond acceptors (Lipinski definition) is 9. The van der Waals surface area contributed by atoms with Crippen LogP contribution in [0, 0.1) is 5.92 Å². The number of benzene rings is 3. The summed E-state index contributed by atoms with van der Waals surface area (Å²) in [4.78, 5) is 42.6. The van der Waals surface area contributed by atoms with Crippen molar-refractivity contribution in [2.45, 2.75) is 38.5 Å². The highest BCUT2D eigenvalue weighted by molar-refractivity contribution is 5.79. The second kappa shape index (κ2) is 20.8. The van der Waals surface area contributed by atoms with Gasteiger partial charge in [0.25, 0.3) is 5.91 Å². The third-order valence-electron chi connectivity index (χ3n) is 11.7. The normalized spacial score (nSPS) is 16.3. The Bertz CT molecular complexity index is 2070. The zero-order chi connectivity index (χ0) is 40.8.